The first-order valence-electron chi connectivity index (χ1n) is 5.83. The van der Waals surface area contributed by atoms with Crippen molar-refractivity contribution in [2.24, 2.45) is 0 Å². The number of carbonyl (C=O) groups excluding carboxylic acids is 2. The number of benzene rings is 2. The van der Waals surface area contributed by atoms with E-state index in [2.05, 4.69) is 4.74 Å². The minimum Gasteiger partial charge on any atom is -0.473 e. The van der Waals surface area contributed by atoms with Gasteiger partial charge in [-0.3, -0.25) is 9.69 Å². The minimum atomic E-state index is -1.69. The largest absolute Gasteiger partial charge is 0.473 e. The summed E-state index contributed by atoms with van der Waals surface area (Å²) in [6.07, 6.45) is 0. The van der Waals surface area contributed by atoms with Crippen molar-refractivity contribution in [3.63, 3.8) is 0 Å². The molecule has 100 valence electrons. The Kier molecular flexibility index (Phi) is 2.64. The van der Waals surface area contributed by atoms with Gasteiger partial charge in [0.15, 0.2) is 6.73 Å². The summed E-state index contributed by atoms with van der Waals surface area (Å²) < 4.78 is 4.59. The second kappa shape index (κ2) is 4.34. The minimum absolute atomic E-state index is 0.310. The van der Waals surface area contributed by atoms with Crippen LogP contribution < -0.4 is 4.90 Å². The molecule has 0 unspecified atom stereocenters. The molecule has 20 heavy (non-hydrogen) atoms. The van der Waals surface area contributed by atoms with Gasteiger partial charge in [0.05, 0.1) is 5.69 Å². The van der Waals surface area contributed by atoms with Crippen LogP contribution >= 0.6 is 0 Å². The monoisotopic (exact) mass is 271 g/mol. The Labute approximate surface area is 113 Å². The summed E-state index contributed by atoms with van der Waals surface area (Å²) in [4.78, 5) is 34.9. The molecular formula is C14H9NO5. The lowest BCUT2D eigenvalue weighted by atomic mass is 10.1. The molecule has 0 saturated heterocycles. The lowest BCUT2D eigenvalue weighted by molar-refractivity contribution is -0.163. The van der Waals surface area contributed by atoms with E-state index >= 15 is 0 Å². The molecule has 2 aromatic rings. The Hall–Kier alpha value is -2.89. The summed E-state index contributed by atoms with van der Waals surface area (Å²) in [7, 11) is 0. The molecule has 6 heteroatoms. The highest BCUT2D eigenvalue weighted by atomic mass is 16.6. The molecule has 0 saturated carbocycles. The number of aliphatic carboxylic acids is 1. The van der Waals surface area contributed by atoms with Gasteiger partial charge in [-0.2, -0.15) is 0 Å². The zero-order valence-corrected chi connectivity index (χ0v) is 10.2. The van der Waals surface area contributed by atoms with E-state index in [0.29, 0.717) is 11.3 Å². The molecule has 0 radical (unpaired) electrons. The van der Waals surface area contributed by atoms with Gasteiger partial charge in [-0.15, -0.1) is 0 Å². The number of rotatable bonds is 2. The van der Waals surface area contributed by atoms with Crippen LogP contribution in [0.5, 0.6) is 0 Å². The Morgan fingerprint density at radius 3 is 2.55 bits per heavy atom. The number of anilines is 1. The van der Waals surface area contributed by atoms with Crippen LogP contribution in [0.25, 0.3) is 10.8 Å². The van der Waals surface area contributed by atoms with Crippen LogP contribution in [0.2, 0.25) is 0 Å². The average molecular weight is 271 g/mol. The fourth-order valence-corrected chi connectivity index (χ4v) is 2.29. The number of amides is 1. The smallest absolute Gasteiger partial charge is 0.419 e. The van der Waals surface area contributed by atoms with E-state index in [1.54, 1.807) is 24.3 Å². The molecule has 1 N–H and O–H groups in total. The molecule has 6 nitrogen and oxygen atoms in total. The van der Waals surface area contributed by atoms with Gasteiger partial charge in [0.2, 0.25) is 0 Å². The summed E-state index contributed by atoms with van der Waals surface area (Å²) in [5.74, 6) is -3.39. The van der Waals surface area contributed by atoms with Crippen molar-refractivity contribution in [2.75, 3.05) is 11.6 Å². The molecule has 3 rings (SSSR count). The van der Waals surface area contributed by atoms with Crippen molar-refractivity contribution in [1.29, 1.82) is 0 Å². The Balaban J connectivity index is 1.97. The van der Waals surface area contributed by atoms with Crippen LogP contribution in [0.15, 0.2) is 36.4 Å². The third-order valence-electron chi connectivity index (χ3n) is 3.15. The lowest BCUT2D eigenvalue weighted by Gasteiger charge is -2.16. The first-order valence-corrected chi connectivity index (χ1v) is 5.83. The average Bonchev–Trinajstić information content (AvgIpc) is 2.72. The first-order chi connectivity index (χ1) is 9.59. The van der Waals surface area contributed by atoms with E-state index in [9.17, 15) is 14.4 Å². The maximum absolute atomic E-state index is 12.2. The molecule has 1 aliphatic rings. The number of hydrogen-bond acceptors (Lipinski definition) is 4. The number of esters is 1. The van der Waals surface area contributed by atoms with E-state index in [0.717, 1.165) is 10.8 Å². The fraction of sp³-hybridized carbons (Fsp3) is 0.0714. The summed E-state index contributed by atoms with van der Waals surface area (Å²) in [5, 5.41) is 10.2. The van der Waals surface area contributed by atoms with Crippen molar-refractivity contribution in [3.8, 4) is 0 Å². The van der Waals surface area contributed by atoms with Crippen LogP contribution in [-0.2, 0) is 14.3 Å². The highest BCUT2D eigenvalue weighted by Gasteiger charge is 2.30. The molecule has 1 amide bonds. The second-order valence-electron chi connectivity index (χ2n) is 4.28. The quantitative estimate of drug-likeness (QED) is 0.659. The van der Waals surface area contributed by atoms with Crippen molar-refractivity contribution >= 4 is 34.3 Å². The Morgan fingerprint density at radius 2 is 1.85 bits per heavy atom. The SMILES string of the molecule is O=C(O)C(=O)OCN1C(=O)c2cccc3cccc1c23. The third kappa shape index (κ3) is 1.70. The van der Waals surface area contributed by atoms with E-state index in [1.807, 2.05) is 12.1 Å². The van der Waals surface area contributed by atoms with E-state index in [1.165, 1.54) is 4.90 Å². The maximum atomic E-state index is 12.2. The number of hydrogen-bond donors (Lipinski definition) is 1. The van der Waals surface area contributed by atoms with E-state index in [4.69, 9.17) is 5.11 Å². The van der Waals surface area contributed by atoms with Gasteiger partial charge in [0.25, 0.3) is 5.91 Å². The zero-order chi connectivity index (χ0) is 14.3. The second-order valence-corrected chi connectivity index (χ2v) is 4.28. The van der Waals surface area contributed by atoms with Gasteiger partial charge in [-0.25, -0.2) is 9.59 Å². The molecule has 0 aromatic heterocycles. The predicted octanol–water partition coefficient (Wildman–Crippen LogP) is 1.39. The third-order valence-corrected chi connectivity index (χ3v) is 3.15. The van der Waals surface area contributed by atoms with Crippen LogP contribution in [0.1, 0.15) is 10.4 Å². The highest BCUT2D eigenvalue weighted by molar-refractivity contribution is 6.29. The summed E-state index contributed by atoms with van der Waals surface area (Å²) in [5.41, 5.74) is 1.13. The van der Waals surface area contributed by atoms with Gasteiger partial charge in [-0.05, 0) is 17.5 Å². The van der Waals surface area contributed by atoms with Crippen molar-refractivity contribution in [3.05, 3.63) is 42.0 Å². The number of carbonyl (C=O) groups is 3. The van der Waals surface area contributed by atoms with E-state index < -0.39 is 18.7 Å². The number of nitrogens with zero attached hydrogens (tertiary/aromatic N) is 1. The normalized spacial score (nSPS) is 12.8. The van der Waals surface area contributed by atoms with Crippen molar-refractivity contribution in [1.82, 2.24) is 0 Å². The highest BCUT2D eigenvalue weighted by Crippen LogP contribution is 2.36. The van der Waals surface area contributed by atoms with Crippen molar-refractivity contribution < 1.29 is 24.2 Å². The summed E-state index contributed by atoms with van der Waals surface area (Å²) in [6.45, 7) is -0.419. The van der Waals surface area contributed by atoms with Crippen LogP contribution in [0, 0.1) is 0 Å². The molecule has 0 spiro atoms. The summed E-state index contributed by atoms with van der Waals surface area (Å²) >= 11 is 0. The molecule has 2 aromatic carbocycles. The van der Waals surface area contributed by atoms with E-state index in [-0.39, 0.29) is 5.91 Å². The van der Waals surface area contributed by atoms with Crippen LogP contribution in [0.3, 0.4) is 0 Å². The first kappa shape index (κ1) is 12.2. The summed E-state index contributed by atoms with van der Waals surface area (Å²) in [6, 6.07) is 10.7. The van der Waals surface area contributed by atoms with Gasteiger partial charge in [0.1, 0.15) is 0 Å². The molecule has 0 bridgehead atoms. The van der Waals surface area contributed by atoms with Gasteiger partial charge < -0.3 is 9.84 Å². The Bertz CT molecular complexity index is 747. The molecule has 1 aliphatic heterocycles. The molecular weight excluding hydrogens is 262 g/mol. The fourth-order valence-electron chi connectivity index (χ4n) is 2.29. The Morgan fingerprint density at radius 1 is 1.15 bits per heavy atom. The molecule has 0 atom stereocenters. The molecule has 0 fully saturated rings. The lowest BCUT2D eigenvalue weighted by Crippen LogP contribution is -2.32. The topological polar surface area (TPSA) is 83.9 Å². The van der Waals surface area contributed by atoms with Crippen LogP contribution in [0.4, 0.5) is 5.69 Å². The number of carboxylic acids is 1. The standard InChI is InChI=1S/C14H9NO5/c16-12-9-5-1-3-8-4-2-6-10(11(8)9)15(12)7-20-14(19)13(17)18/h1-6H,7H2,(H,17,18). The number of ether oxygens (including phenoxy) is 1. The van der Waals surface area contributed by atoms with Crippen molar-refractivity contribution in [2.45, 2.75) is 0 Å². The maximum Gasteiger partial charge on any atom is 0.419 e. The van der Waals surface area contributed by atoms with Gasteiger partial charge in [0, 0.05) is 10.9 Å². The molecule has 0 aliphatic carbocycles. The number of carboxylic acid groups (broad SMARTS) is 1. The predicted molar refractivity (Wildman–Crippen MR) is 69.4 cm³/mol. The van der Waals surface area contributed by atoms with Crippen LogP contribution in [-0.4, -0.2) is 29.7 Å². The zero-order valence-electron chi connectivity index (χ0n) is 10.2. The van der Waals surface area contributed by atoms with Gasteiger partial charge in [-0.1, -0.05) is 24.3 Å². The molecule has 1 heterocycles. The van der Waals surface area contributed by atoms with Gasteiger partial charge >= 0.3 is 11.9 Å².